The number of fused-ring (bicyclic) bond motifs is 1. The summed E-state index contributed by atoms with van der Waals surface area (Å²) in [5, 5.41) is 0. The summed E-state index contributed by atoms with van der Waals surface area (Å²) in [6, 6.07) is 2.97. The maximum absolute atomic E-state index is 13.4. The first kappa shape index (κ1) is 18.5. The first-order valence-electron chi connectivity index (χ1n) is 9.16. The van der Waals surface area contributed by atoms with Gasteiger partial charge in [0, 0.05) is 36.3 Å². The summed E-state index contributed by atoms with van der Waals surface area (Å²) in [4.78, 5) is 6.59. The van der Waals surface area contributed by atoms with Gasteiger partial charge >= 0.3 is 0 Å². The number of rotatable bonds is 7. The number of pyridine rings is 1. The average molecular weight is 354 g/mol. The molecule has 0 radical (unpaired) electrons. The van der Waals surface area contributed by atoms with E-state index in [1.165, 1.54) is 24.8 Å². The molecule has 1 aromatic heterocycles. The van der Waals surface area contributed by atoms with Crippen molar-refractivity contribution >= 4 is 0 Å². The highest BCUT2D eigenvalue weighted by molar-refractivity contribution is 5.24. The second-order valence-corrected chi connectivity index (χ2v) is 7.66. The molecule has 0 unspecified atom stereocenters. The Kier molecular flexibility index (Phi) is 5.30. The van der Waals surface area contributed by atoms with Crippen molar-refractivity contribution in [2.24, 2.45) is 0 Å². The molecule has 0 aromatic carbocycles. The molecule has 140 valence electrons. The van der Waals surface area contributed by atoms with Gasteiger partial charge in [0.2, 0.25) is 5.88 Å². The van der Waals surface area contributed by atoms with Crippen LogP contribution in [0.5, 0.6) is 5.88 Å². The quantitative estimate of drug-likeness (QED) is 0.741. The van der Waals surface area contributed by atoms with Crippen molar-refractivity contribution in [3.63, 3.8) is 0 Å². The van der Waals surface area contributed by atoms with Crippen LogP contribution in [0, 0.1) is 0 Å². The summed E-state index contributed by atoms with van der Waals surface area (Å²) in [6.07, 6.45) is 6.10. The molecule has 0 spiro atoms. The molecular weight excluding hydrogens is 326 g/mol. The minimum Gasteiger partial charge on any atom is -0.476 e. The Hall–Kier alpha value is -1.27. The molecule has 3 heterocycles. The third-order valence-electron chi connectivity index (χ3n) is 5.38. The Morgan fingerprint density at radius 2 is 2.20 bits per heavy atom. The van der Waals surface area contributed by atoms with E-state index in [2.05, 4.69) is 23.7 Å². The lowest BCUT2D eigenvalue weighted by Gasteiger charge is -2.35. The highest BCUT2D eigenvalue weighted by atomic mass is 19.3. The zero-order valence-electron chi connectivity index (χ0n) is 15.3. The summed E-state index contributed by atoms with van der Waals surface area (Å²) in [5.41, 5.74) is 0.0640. The molecule has 0 bridgehead atoms. The van der Waals surface area contributed by atoms with E-state index in [-0.39, 0.29) is 23.1 Å². The number of hydrogen-bond donors (Lipinski definition) is 0. The fourth-order valence-electron chi connectivity index (χ4n) is 4.05. The van der Waals surface area contributed by atoms with Gasteiger partial charge in [0.15, 0.2) is 0 Å². The minimum atomic E-state index is -2.88. The summed E-state index contributed by atoms with van der Waals surface area (Å²) in [7, 11) is 0. The SMILES string of the molecule is CC(C)OC[C@@]12CCCN1[C@H](COc1cc(C(C)(F)F)ccn1)CC2. The largest absolute Gasteiger partial charge is 0.476 e. The highest BCUT2D eigenvalue weighted by Gasteiger charge is 2.49. The van der Waals surface area contributed by atoms with E-state index >= 15 is 0 Å². The van der Waals surface area contributed by atoms with Gasteiger partial charge in [0.05, 0.1) is 12.7 Å². The Balaban J connectivity index is 1.61. The van der Waals surface area contributed by atoms with E-state index in [0.717, 1.165) is 39.3 Å². The zero-order chi connectivity index (χ0) is 18.1. The van der Waals surface area contributed by atoms with Gasteiger partial charge < -0.3 is 9.47 Å². The summed E-state index contributed by atoms with van der Waals surface area (Å²) >= 11 is 0. The zero-order valence-corrected chi connectivity index (χ0v) is 15.3. The monoisotopic (exact) mass is 354 g/mol. The van der Waals surface area contributed by atoms with Crippen LogP contribution in [-0.4, -0.2) is 47.3 Å². The Labute approximate surface area is 148 Å². The minimum absolute atomic E-state index is 0.0650. The van der Waals surface area contributed by atoms with Crippen molar-refractivity contribution in [3.05, 3.63) is 23.9 Å². The second-order valence-electron chi connectivity index (χ2n) is 7.66. The molecule has 2 aliphatic rings. The summed E-state index contributed by atoms with van der Waals surface area (Å²) in [5.74, 6) is -2.61. The Morgan fingerprint density at radius 1 is 1.40 bits per heavy atom. The second kappa shape index (κ2) is 7.16. The van der Waals surface area contributed by atoms with Crippen LogP contribution in [0.25, 0.3) is 0 Å². The number of nitrogens with zero attached hydrogens (tertiary/aromatic N) is 2. The predicted octanol–water partition coefficient (Wildman–Crippen LogP) is 3.99. The molecular formula is C19H28F2N2O2. The van der Waals surface area contributed by atoms with Crippen LogP contribution in [0.15, 0.2) is 18.3 Å². The molecule has 1 aromatic rings. The van der Waals surface area contributed by atoms with Crippen molar-refractivity contribution in [2.45, 2.75) is 70.1 Å². The van der Waals surface area contributed by atoms with E-state index in [1.807, 2.05) is 0 Å². The normalized spacial score (nSPS) is 27.0. The number of halogens is 2. The molecule has 6 heteroatoms. The van der Waals surface area contributed by atoms with E-state index < -0.39 is 5.92 Å². The van der Waals surface area contributed by atoms with E-state index in [0.29, 0.717) is 12.6 Å². The van der Waals surface area contributed by atoms with E-state index in [1.54, 1.807) is 0 Å². The van der Waals surface area contributed by atoms with Gasteiger partial charge in [-0.1, -0.05) is 0 Å². The first-order chi connectivity index (χ1) is 11.8. The topological polar surface area (TPSA) is 34.6 Å². The molecule has 0 amide bonds. The average Bonchev–Trinajstić information content (AvgIpc) is 3.10. The van der Waals surface area contributed by atoms with Gasteiger partial charge in [-0.05, 0) is 52.1 Å². The lowest BCUT2D eigenvalue weighted by molar-refractivity contribution is -0.00921. The van der Waals surface area contributed by atoms with Crippen molar-refractivity contribution in [1.82, 2.24) is 9.88 Å². The van der Waals surface area contributed by atoms with E-state index in [9.17, 15) is 8.78 Å². The number of alkyl halides is 2. The van der Waals surface area contributed by atoms with Crippen LogP contribution >= 0.6 is 0 Å². The lowest BCUT2D eigenvalue weighted by atomic mass is 9.95. The van der Waals surface area contributed by atoms with Gasteiger partial charge in [-0.15, -0.1) is 0 Å². The van der Waals surface area contributed by atoms with Gasteiger partial charge in [-0.25, -0.2) is 13.8 Å². The van der Waals surface area contributed by atoms with E-state index in [4.69, 9.17) is 9.47 Å². The van der Waals surface area contributed by atoms with Gasteiger partial charge in [0.1, 0.15) is 6.61 Å². The fraction of sp³-hybridized carbons (Fsp3) is 0.737. The molecule has 3 rings (SSSR count). The van der Waals surface area contributed by atoms with Crippen LogP contribution in [0.3, 0.4) is 0 Å². The van der Waals surface area contributed by atoms with Crippen molar-refractivity contribution in [1.29, 1.82) is 0 Å². The maximum Gasteiger partial charge on any atom is 0.270 e. The van der Waals surface area contributed by atoms with Crippen LogP contribution in [0.1, 0.15) is 52.0 Å². The van der Waals surface area contributed by atoms with Crippen LogP contribution < -0.4 is 4.74 Å². The van der Waals surface area contributed by atoms with Gasteiger partial charge in [0.25, 0.3) is 5.92 Å². The summed E-state index contributed by atoms with van der Waals surface area (Å²) < 4.78 is 38.6. The number of hydrogen-bond acceptors (Lipinski definition) is 4. The fourth-order valence-corrected chi connectivity index (χ4v) is 4.05. The van der Waals surface area contributed by atoms with Gasteiger partial charge in [-0.3, -0.25) is 4.90 Å². The predicted molar refractivity (Wildman–Crippen MR) is 92.1 cm³/mol. The molecule has 0 saturated carbocycles. The lowest BCUT2D eigenvalue weighted by Crippen LogP contribution is -2.47. The van der Waals surface area contributed by atoms with Crippen LogP contribution in [0.4, 0.5) is 8.78 Å². The number of ether oxygens (including phenoxy) is 2. The molecule has 0 N–H and O–H groups in total. The molecule has 2 atom stereocenters. The Bertz CT molecular complexity index is 591. The first-order valence-corrected chi connectivity index (χ1v) is 9.16. The van der Waals surface area contributed by atoms with Crippen molar-refractivity contribution in [3.8, 4) is 5.88 Å². The molecule has 0 aliphatic carbocycles. The highest BCUT2D eigenvalue weighted by Crippen LogP contribution is 2.43. The molecule has 25 heavy (non-hydrogen) atoms. The molecule has 2 saturated heterocycles. The third-order valence-corrected chi connectivity index (χ3v) is 5.38. The van der Waals surface area contributed by atoms with Crippen molar-refractivity contribution in [2.75, 3.05) is 19.8 Å². The smallest absolute Gasteiger partial charge is 0.270 e. The third kappa shape index (κ3) is 4.11. The molecule has 2 aliphatic heterocycles. The maximum atomic E-state index is 13.4. The molecule has 2 fully saturated rings. The summed E-state index contributed by atoms with van der Waals surface area (Å²) in [6.45, 7) is 7.31. The Morgan fingerprint density at radius 3 is 2.92 bits per heavy atom. The van der Waals surface area contributed by atoms with Crippen LogP contribution in [-0.2, 0) is 10.7 Å². The standard InChI is InChI=1S/C19H28F2N2O2/c1-14(2)25-13-19-7-4-10-23(19)16(5-8-19)12-24-17-11-15(6-9-22-17)18(3,20)21/h6,9,11,14,16H,4-5,7-8,10,12-13H2,1-3H3/t16-,19-/m0/s1. The molecule has 4 nitrogen and oxygen atoms in total. The van der Waals surface area contributed by atoms with Gasteiger partial charge in [-0.2, -0.15) is 0 Å². The van der Waals surface area contributed by atoms with Crippen molar-refractivity contribution < 1.29 is 18.3 Å². The van der Waals surface area contributed by atoms with Crippen LogP contribution in [0.2, 0.25) is 0 Å². The number of aromatic nitrogens is 1.